The molecule has 0 unspecified atom stereocenters. The summed E-state index contributed by atoms with van der Waals surface area (Å²) >= 11 is 5.91. The number of nitrogens with zero attached hydrogens (tertiary/aromatic N) is 1. The molecule has 16 heavy (non-hydrogen) atoms. The molecule has 0 aliphatic heterocycles. The molecule has 84 valence electrons. The summed E-state index contributed by atoms with van der Waals surface area (Å²) in [6.07, 6.45) is 2.11. The van der Waals surface area contributed by atoms with Crippen LogP contribution in [0.15, 0.2) is 18.2 Å². The van der Waals surface area contributed by atoms with Crippen LogP contribution in [-0.4, -0.2) is 12.6 Å². The van der Waals surface area contributed by atoms with Crippen LogP contribution in [0.2, 0.25) is 5.02 Å². The molecule has 0 amide bonds. The summed E-state index contributed by atoms with van der Waals surface area (Å²) < 4.78 is 5.72. The molecule has 2 rings (SSSR count). The maximum absolute atomic E-state index is 8.97. The number of nitriles is 1. The van der Waals surface area contributed by atoms with E-state index < -0.39 is 0 Å². The van der Waals surface area contributed by atoms with Crippen molar-refractivity contribution in [3.05, 3.63) is 28.8 Å². The molecule has 1 aromatic carbocycles. The van der Waals surface area contributed by atoms with Gasteiger partial charge < -0.3 is 10.5 Å². The molecule has 1 aliphatic carbocycles. The number of benzene rings is 1. The lowest BCUT2D eigenvalue weighted by Gasteiger charge is -2.34. The van der Waals surface area contributed by atoms with E-state index in [1.807, 2.05) is 0 Å². The molecule has 1 fully saturated rings. The number of nitrogens with two attached hydrogens (primary N) is 1. The molecule has 0 saturated heterocycles. The molecule has 0 aromatic heterocycles. The molecular weight excluding hydrogens is 224 g/mol. The molecule has 2 N–H and O–H groups in total. The zero-order valence-corrected chi connectivity index (χ0v) is 9.57. The second-order valence-corrected chi connectivity index (χ2v) is 4.44. The van der Waals surface area contributed by atoms with Crippen molar-refractivity contribution in [3.63, 3.8) is 0 Å². The summed E-state index contributed by atoms with van der Waals surface area (Å²) in [7, 11) is 0. The van der Waals surface area contributed by atoms with Crippen LogP contribution >= 0.6 is 11.6 Å². The van der Waals surface area contributed by atoms with E-state index in [2.05, 4.69) is 6.07 Å². The average Bonchev–Trinajstić information content (AvgIpc) is 2.23. The molecule has 0 bridgehead atoms. The molecule has 0 spiro atoms. The van der Waals surface area contributed by atoms with Gasteiger partial charge in [0, 0.05) is 0 Å². The first-order valence-corrected chi connectivity index (χ1v) is 5.67. The van der Waals surface area contributed by atoms with E-state index in [4.69, 9.17) is 27.3 Å². The fraction of sp³-hybridized carbons (Fsp3) is 0.417. The molecule has 3 nitrogen and oxygen atoms in total. The highest BCUT2D eigenvalue weighted by Crippen LogP contribution is 2.33. The highest BCUT2D eigenvalue weighted by molar-refractivity contribution is 6.31. The lowest BCUT2D eigenvalue weighted by atomic mass is 9.82. The van der Waals surface area contributed by atoms with Crippen LogP contribution in [-0.2, 0) is 0 Å². The molecule has 4 heteroatoms. The van der Waals surface area contributed by atoms with Crippen molar-refractivity contribution in [2.45, 2.75) is 18.9 Å². The Morgan fingerprint density at radius 1 is 1.50 bits per heavy atom. The third-order valence-corrected chi connectivity index (χ3v) is 3.22. The normalized spacial score (nSPS) is 23.3. The summed E-state index contributed by atoms with van der Waals surface area (Å²) in [4.78, 5) is 0. The minimum Gasteiger partial charge on any atom is -0.489 e. The van der Waals surface area contributed by atoms with Crippen LogP contribution in [0.5, 0.6) is 5.75 Å². The van der Waals surface area contributed by atoms with Crippen molar-refractivity contribution in [1.29, 1.82) is 5.26 Å². The van der Waals surface area contributed by atoms with Gasteiger partial charge in [-0.15, -0.1) is 0 Å². The lowest BCUT2D eigenvalue weighted by Crippen LogP contribution is -2.37. The van der Waals surface area contributed by atoms with Crippen molar-refractivity contribution >= 4 is 11.6 Å². The standard InChI is InChI=1S/C12H13ClN2O/c13-11-2-1-3-12(10(11)7-15)16-9-4-8(5-9)6-14/h1-3,8-9H,4-6,14H2. The number of rotatable bonds is 3. The van der Waals surface area contributed by atoms with Crippen molar-refractivity contribution < 1.29 is 4.74 Å². The fourth-order valence-electron chi connectivity index (χ4n) is 1.85. The van der Waals surface area contributed by atoms with Crippen LogP contribution in [0.25, 0.3) is 0 Å². The van der Waals surface area contributed by atoms with E-state index >= 15 is 0 Å². The number of ether oxygens (including phenoxy) is 1. The Hall–Kier alpha value is -1.24. The van der Waals surface area contributed by atoms with E-state index in [-0.39, 0.29) is 6.10 Å². The third-order valence-electron chi connectivity index (χ3n) is 2.91. The fourth-order valence-corrected chi connectivity index (χ4v) is 2.06. The number of hydrogen-bond donors (Lipinski definition) is 1. The summed E-state index contributed by atoms with van der Waals surface area (Å²) in [5.74, 6) is 1.14. The topological polar surface area (TPSA) is 59.0 Å². The van der Waals surface area contributed by atoms with E-state index in [0.717, 1.165) is 12.8 Å². The SMILES string of the molecule is N#Cc1c(Cl)cccc1OC1CC(CN)C1. The Morgan fingerprint density at radius 3 is 2.88 bits per heavy atom. The van der Waals surface area contributed by atoms with Crippen molar-refractivity contribution in [3.8, 4) is 11.8 Å². The van der Waals surface area contributed by atoms with Crippen LogP contribution in [0, 0.1) is 17.2 Å². The Labute approximate surface area is 99.8 Å². The number of hydrogen-bond acceptors (Lipinski definition) is 3. The van der Waals surface area contributed by atoms with Gasteiger partial charge in [0.25, 0.3) is 0 Å². The molecule has 1 saturated carbocycles. The predicted molar refractivity (Wildman–Crippen MR) is 62.4 cm³/mol. The Bertz CT molecular complexity index is 422. The summed E-state index contributed by atoms with van der Waals surface area (Å²) in [6, 6.07) is 7.32. The first kappa shape index (κ1) is 11.3. The van der Waals surface area contributed by atoms with Gasteiger partial charge in [-0.2, -0.15) is 5.26 Å². The maximum atomic E-state index is 8.97. The highest BCUT2D eigenvalue weighted by atomic mass is 35.5. The van der Waals surface area contributed by atoms with Crippen molar-refractivity contribution in [2.24, 2.45) is 11.7 Å². The van der Waals surface area contributed by atoms with E-state index in [1.165, 1.54) is 0 Å². The van der Waals surface area contributed by atoms with Gasteiger partial charge in [0.15, 0.2) is 0 Å². The number of halogens is 1. The Kier molecular flexibility index (Phi) is 3.33. The van der Waals surface area contributed by atoms with Gasteiger partial charge in [0.05, 0.1) is 11.1 Å². The lowest BCUT2D eigenvalue weighted by molar-refractivity contribution is 0.0688. The minimum atomic E-state index is 0.180. The molecule has 0 heterocycles. The van der Waals surface area contributed by atoms with Gasteiger partial charge in [0.1, 0.15) is 17.4 Å². The zero-order chi connectivity index (χ0) is 11.5. The van der Waals surface area contributed by atoms with E-state index in [1.54, 1.807) is 18.2 Å². The summed E-state index contributed by atoms with van der Waals surface area (Å²) in [5, 5.41) is 9.41. The quantitative estimate of drug-likeness (QED) is 0.876. The second kappa shape index (κ2) is 4.73. The van der Waals surface area contributed by atoms with Gasteiger partial charge in [0.2, 0.25) is 0 Å². The third kappa shape index (κ3) is 2.13. The van der Waals surface area contributed by atoms with Gasteiger partial charge in [-0.05, 0) is 37.4 Å². The van der Waals surface area contributed by atoms with Crippen LogP contribution in [0.1, 0.15) is 18.4 Å². The minimum absolute atomic E-state index is 0.180. The van der Waals surface area contributed by atoms with Crippen molar-refractivity contribution in [2.75, 3.05) is 6.54 Å². The Morgan fingerprint density at radius 2 is 2.25 bits per heavy atom. The Balaban J connectivity index is 2.06. The van der Waals surface area contributed by atoms with Gasteiger partial charge in [-0.25, -0.2) is 0 Å². The van der Waals surface area contributed by atoms with Crippen LogP contribution in [0.3, 0.4) is 0 Å². The monoisotopic (exact) mass is 236 g/mol. The first-order chi connectivity index (χ1) is 7.74. The van der Waals surface area contributed by atoms with Crippen LogP contribution in [0.4, 0.5) is 0 Å². The largest absolute Gasteiger partial charge is 0.489 e. The zero-order valence-electron chi connectivity index (χ0n) is 8.82. The van der Waals surface area contributed by atoms with Gasteiger partial charge in [-0.3, -0.25) is 0 Å². The predicted octanol–water partition coefficient (Wildman–Crippen LogP) is 2.33. The van der Waals surface area contributed by atoms with E-state index in [9.17, 15) is 0 Å². The summed E-state index contributed by atoms with van der Waals surface area (Å²) in [6.45, 7) is 0.709. The first-order valence-electron chi connectivity index (χ1n) is 5.30. The highest BCUT2D eigenvalue weighted by Gasteiger charge is 2.30. The molecular formula is C12H13ClN2O. The average molecular weight is 237 g/mol. The molecule has 0 atom stereocenters. The second-order valence-electron chi connectivity index (χ2n) is 4.04. The van der Waals surface area contributed by atoms with E-state index in [0.29, 0.717) is 28.8 Å². The molecule has 0 radical (unpaired) electrons. The molecule has 1 aliphatic rings. The smallest absolute Gasteiger partial charge is 0.139 e. The van der Waals surface area contributed by atoms with Gasteiger partial charge >= 0.3 is 0 Å². The van der Waals surface area contributed by atoms with Gasteiger partial charge in [-0.1, -0.05) is 17.7 Å². The van der Waals surface area contributed by atoms with Crippen LogP contribution < -0.4 is 10.5 Å². The van der Waals surface area contributed by atoms with Crippen molar-refractivity contribution in [1.82, 2.24) is 0 Å². The maximum Gasteiger partial charge on any atom is 0.139 e. The molecule has 1 aromatic rings. The summed E-state index contributed by atoms with van der Waals surface area (Å²) in [5.41, 5.74) is 5.96.